The molecule has 3 rings (SSSR count). The summed E-state index contributed by atoms with van der Waals surface area (Å²) in [6.07, 6.45) is 0. The van der Waals surface area contributed by atoms with Crippen molar-refractivity contribution in [2.45, 2.75) is 5.33 Å². The lowest BCUT2D eigenvalue weighted by Gasteiger charge is -2.03. The molecule has 0 aliphatic carbocycles. The Morgan fingerprint density at radius 2 is 1.79 bits per heavy atom. The largest absolute Gasteiger partial charge is 0.422 e. The third kappa shape index (κ3) is 2.34. The summed E-state index contributed by atoms with van der Waals surface area (Å²) >= 11 is 3.43. The van der Waals surface area contributed by atoms with Crippen molar-refractivity contribution in [3.63, 3.8) is 0 Å². The summed E-state index contributed by atoms with van der Waals surface area (Å²) in [6.45, 7) is 0. The Bertz CT molecular complexity index is 776. The van der Waals surface area contributed by atoms with Gasteiger partial charge in [-0.15, -0.1) is 0 Å². The highest BCUT2D eigenvalue weighted by Gasteiger charge is 2.07. The Balaban J connectivity index is 2.26. The van der Waals surface area contributed by atoms with E-state index < -0.39 is 0 Å². The van der Waals surface area contributed by atoms with Crippen LogP contribution >= 0.6 is 15.9 Å². The van der Waals surface area contributed by atoms with Crippen LogP contribution in [0.25, 0.3) is 22.1 Å². The van der Waals surface area contributed by atoms with Crippen LogP contribution in [0, 0.1) is 0 Å². The summed E-state index contributed by atoms with van der Waals surface area (Å²) in [6, 6.07) is 17.3. The summed E-state index contributed by atoms with van der Waals surface area (Å²) in [7, 11) is 0. The molecule has 2 aromatic carbocycles. The average molecular weight is 315 g/mol. The molecule has 0 saturated carbocycles. The highest BCUT2D eigenvalue weighted by atomic mass is 79.9. The van der Waals surface area contributed by atoms with Crippen molar-refractivity contribution >= 4 is 26.9 Å². The molecule has 3 heteroatoms. The van der Waals surface area contributed by atoms with Crippen LogP contribution in [0.4, 0.5) is 0 Å². The summed E-state index contributed by atoms with van der Waals surface area (Å²) in [5, 5.41) is 1.72. The molecule has 0 N–H and O–H groups in total. The van der Waals surface area contributed by atoms with Crippen molar-refractivity contribution in [2.75, 3.05) is 0 Å². The molecule has 0 saturated heterocycles. The standard InChI is InChI=1S/C16H11BrO2/c17-10-11-6-7-15-13(8-11)9-14(16(18)19-15)12-4-2-1-3-5-12/h1-9H,10H2. The lowest BCUT2D eigenvalue weighted by Crippen LogP contribution is -2.02. The molecule has 19 heavy (non-hydrogen) atoms. The second kappa shape index (κ2) is 5.02. The van der Waals surface area contributed by atoms with E-state index in [1.807, 2.05) is 54.6 Å². The minimum atomic E-state index is -0.301. The molecule has 1 aromatic heterocycles. The number of alkyl halides is 1. The third-order valence-electron chi connectivity index (χ3n) is 3.04. The Morgan fingerprint density at radius 1 is 1.00 bits per heavy atom. The van der Waals surface area contributed by atoms with Gasteiger partial charge in [-0.3, -0.25) is 0 Å². The van der Waals surface area contributed by atoms with Gasteiger partial charge in [-0.2, -0.15) is 0 Å². The van der Waals surface area contributed by atoms with Crippen molar-refractivity contribution in [3.8, 4) is 11.1 Å². The van der Waals surface area contributed by atoms with Gasteiger partial charge in [-0.25, -0.2) is 4.79 Å². The minimum absolute atomic E-state index is 0.301. The summed E-state index contributed by atoms with van der Waals surface area (Å²) < 4.78 is 5.38. The molecule has 0 radical (unpaired) electrons. The quantitative estimate of drug-likeness (QED) is 0.520. The normalized spacial score (nSPS) is 10.8. The second-order valence-corrected chi connectivity index (χ2v) is 4.88. The van der Waals surface area contributed by atoms with Gasteiger partial charge in [0.15, 0.2) is 0 Å². The van der Waals surface area contributed by atoms with Crippen LogP contribution in [0.3, 0.4) is 0 Å². The SMILES string of the molecule is O=c1oc2ccc(CBr)cc2cc1-c1ccccc1. The smallest absolute Gasteiger partial charge is 0.344 e. The van der Waals surface area contributed by atoms with E-state index in [1.54, 1.807) is 0 Å². The zero-order chi connectivity index (χ0) is 13.2. The topological polar surface area (TPSA) is 30.2 Å². The first-order valence-electron chi connectivity index (χ1n) is 5.96. The Labute approximate surface area is 118 Å². The van der Waals surface area contributed by atoms with Gasteiger partial charge < -0.3 is 4.42 Å². The van der Waals surface area contributed by atoms with Gasteiger partial charge in [0.1, 0.15) is 5.58 Å². The lowest BCUT2D eigenvalue weighted by atomic mass is 10.1. The summed E-state index contributed by atoms with van der Waals surface area (Å²) in [5.41, 5.74) is 2.95. The highest BCUT2D eigenvalue weighted by molar-refractivity contribution is 9.08. The number of fused-ring (bicyclic) bond motifs is 1. The molecule has 0 fully saturated rings. The molecule has 2 nitrogen and oxygen atoms in total. The van der Waals surface area contributed by atoms with E-state index in [0.29, 0.717) is 11.1 Å². The maximum Gasteiger partial charge on any atom is 0.344 e. The van der Waals surface area contributed by atoms with Gasteiger partial charge in [-0.05, 0) is 29.3 Å². The lowest BCUT2D eigenvalue weighted by molar-refractivity contribution is 0.563. The molecule has 0 aliphatic heterocycles. The van der Waals surface area contributed by atoms with E-state index in [9.17, 15) is 4.79 Å². The Morgan fingerprint density at radius 3 is 2.53 bits per heavy atom. The zero-order valence-electron chi connectivity index (χ0n) is 10.1. The number of hydrogen-bond donors (Lipinski definition) is 0. The predicted molar refractivity (Wildman–Crippen MR) is 80.6 cm³/mol. The van der Waals surface area contributed by atoms with Crippen molar-refractivity contribution < 1.29 is 4.42 Å². The molecule has 0 spiro atoms. The molecular formula is C16H11BrO2. The van der Waals surface area contributed by atoms with Gasteiger partial charge in [-0.1, -0.05) is 52.3 Å². The van der Waals surface area contributed by atoms with E-state index in [2.05, 4.69) is 15.9 Å². The maximum atomic E-state index is 12.0. The Hall–Kier alpha value is -1.87. The summed E-state index contributed by atoms with van der Waals surface area (Å²) in [4.78, 5) is 12.0. The fraction of sp³-hybridized carbons (Fsp3) is 0.0625. The molecule has 0 amide bonds. The second-order valence-electron chi connectivity index (χ2n) is 4.32. The van der Waals surface area contributed by atoms with Crippen LogP contribution in [0.15, 0.2) is 63.8 Å². The third-order valence-corrected chi connectivity index (χ3v) is 3.68. The maximum absolute atomic E-state index is 12.0. The molecule has 1 heterocycles. The minimum Gasteiger partial charge on any atom is -0.422 e. The Kier molecular flexibility index (Phi) is 3.22. The average Bonchev–Trinajstić information content (AvgIpc) is 2.47. The van der Waals surface area contributed by atoms with Gasteiger partial charge in [0.25, 0.3) is 0 Å². The monoisotopic (exact) mass is 314 g/mol. The van der Waals surface area contributed by atoms with Crippen LogP contribution in [-0.2, 0) is 5.33 Å². The molecule has 3 aromatic rings. The summed E-state index contributed by atoms with van der Waals surface area (Å²) in [5.74, 6) is 0. The molecule has 0 bridgehead atoms. The predicted octanol–water partition coefficient (Wildman–Crippen LogP) is 4.35. The van der Waals surface area contributed by atoms with Crippen molar-refractivity contribution in [3.05, 3.63) is 70.6 Å². The molecule has 94 valence electrons. The first-order chi connectivity index (χ1) is 9.28. The number of halogens is 1. The molecule has 0 unspecified atom stereocenters. The highest BCUT2D eigenvalue weighted by Crippen LogP contribution is 2.22. The van der Waals surface area contributed by atoms with Crippen molar-refractivity contribution in [1.29, 1.82) is 0 Å². The van der Waals surface area contributed by atoms with Crippen LogP contribution < -0.4 is 5.63 Å². The van der Waals surface area contributed by atoms with Gasteiger partial charge >= 0.3 is 5.63 Å². The molecule has 0 atom stereocenters. The van der Waals surface area contributed by atoms with Crippen LogP contribution in [0.2, 0.25) is 0 Å². The van der Waals surface area contributed by atoms with Crippen LogP contribution in [-0.4, -0.2) is 0 Å². The zero-order valence-corrected chi connectivity index (χ0v) is 11.7. The van der Waals surface area contributed by atoms with E-state index in [-0.39, 0.29) is 5.63 Å². The van der Waals surface area contributed by atoms with Crippen LogP contribution in [0.5, 0.6) is 0 Å². The van der Waals surface area contributed by atoms with E-state index in [0.717, 1.165) is 21.8 Å². The van der Waals surface area contributed by atoms with Gasteiger partial charge in [0, 0.05) is 10.7 Å². The van der Waals surface area contributed by atoms with Gasteiger partial charge in [0.2, 0.25) is 0 Å². The van der Waals surface area contributed by atoms with E-state index >= 15 is 0 Å². The first-order valence-corrected chi connectivity index (χ1v) is 7.08. The van der Waals surface area contributed by atoms with E-state index in [1.165, 1.54) is 0 Å². The van der Waals surface area contributed by atoms with Gasteiger partial charge in [0.05, 0.1) is 5.56 Å². The fourth-order valence-corrected chi connectivity index (χ4v) is 2.42. The van der Waals surface area contributed by atoms with Crippen LogP contribution in [0.1, 0.15) is 5.56 Å². The number of benzene rings is 2. The fourth-order valence-electron chi connectivity index (χ4n) is 2.07. The van der Waals surface area contributed by atoms with Crippen molar-refractivity contribution in [2.24, 2.45) is 0 Å². The first kappa shape index (κ1) is 12.2. The number of rotatable bonds is 2. The molecular weight excluding hydrogens is 304 g/mol. The molecule has 0 aliphatic rings. The number of hydrogen-bond acceptors (Lipinski definition) is 2. The van der Waals surface area contributed by atoms with Crippen molar-refractivity contribution in [1.82, 2.24) is 0 Å². The van der Waals surface area contributed by atoms with E-state index in [4.69, 9.17) is 4.42 Å².